The van der Waals surface area contributed by atoms with Gasteiger partial charge >= 0.3 is 0 Å². The minimum atomic E-state index is -0.0972. The van der Waals surface area contributed by atoms with Gasteiger partial charge in [-0.3, -0.25) is 9.69 Å². The summed E-state index contributed by atoms with van der Waals surface area (Å²) in [4.78, 5) is 20.0. The van der Waals surface area contributed by atoms with E-state index in [4.69, 9.17) is 4.74 Å². The number of nitrogens with one attached hydrogen (secondary N) is 1. The van der Waals surface area contributed by atoms with Gasteiger partial charge in [0.25, 0.3) is 0 Å². The first-order valence-electron chi connectivity index (χ1n) is 11.4. The van der Waals surface area contributed by atoms with E-state index in [1.807, 2.05) is 23.1 Å². The lowest BCUT2D eigenvalue weighted by molar-refractivity contribution is -0.130. The SMILES string of the molecule is COc1ccc2c3c([nH]c2c1)[C@@H](CO)N(Cc1ccccc1)CC31CCN(C(C)=O)CC1. The number of carbonyl (C=O) groups is 1. The summed E-state index contributed by atoms with van der Waals surface area (Å²) >= 11 is 0. The Morgan fingerprint density at radius 3 is 2.59 bits per heavy atom. The molecule has 6 nitrogen and oxygen atoms in total. The number of amides is 1. The summed E-state index contributed by atoms with van der Waals surface area (Å²) in [6.45, 7) is 4.89. The standard InChI is InChI=1S/C26H31N3O3/c1-18(31)28-12-10-26(11-13-28)17-29(15-19-6-4-3-5-7-19)23(16-30)25-24(26)21-9-8-20(32-2)14-22(21)27-25/h3-9,14,23,27,30H,10-13,15-17H2,1-2H3/t23-/m1/s1. The normalized spacial score (nSPS) is 20.5. The van der Waals surface area contributed by atoms with Crippen LogP contribution in [-0.2, 0) is 16.8 Å². The lowest BCUT2D eigenvalue weighted by Crippen LogP contribution is -2.54. The third-order valence-electron chi connectivity index (χ3n) is 7.41. The van der Waals surface area contributed by atoms with Crippen molar-refractivity contribution in [2.45, 2.75) is 37.8 Å². The van der Waals surface area contributed by atoms with Gasteiger partial charge in [0.1, 0.15) is 5.75 Å². The molecule has 168 valence electrons. The number of aliphatic hydroxyl groups is 1. The van der Waals surface area contributed by atoms with Gasteiger partial charge in [-0.25, -0.2) is 0 Å². The number of fused-ring (bicyclic) bond motifs is 4. The first-order chi connectivity index (χ1) is 15.5. The minimum Gasteiger partial charge on any atom is -0.497 e. The lowest BCUT2D eigenvalue weighted by atomic mass is 9.68. The Morgan fingerprint density at radius 2 is 1.94 bits per heavy atom. The molecule has 0 aliphatic carbocycles. The molecule has 32 heavy (non-hydrogen) atoms. The molecule has 2 N–H and O–H groups in total. The molecular weight excluding hydrogens is 402 g/mol. The Balaban J connectivity index is 1.62. The van der Waals surface area contributed by atoms with Crippen molar-refractivity contribution in [3.63, 3.8) is 0 Å². The van der Waals surface area contributed by atoms with Gasteiger partial charge in [0.05, 0.1) is 19.8 Å². The van der Waals surface area contributed by atoms with Crippen LogP contribution in [0.1, 0.15) is 42.6 Å². The second-order valence-corrected chi connectivity index (χ2v) is 9.20. The molecule has 3 heterocycles. The summed E-state index contributed by atoms with van der Waals surface area (Å²) in [5.74, 6) is 0.965. The fourth-order valence-electron chi connectivity index (χ4n) is 5.75. The van der Waals surface area contributed by atoms with Crippen molar-refractivity contribution >= 4 is 16.8 Å². The van der Waals surface area contributed by atoms with E-state index >= 15 is 0 Å². The van der Waals surface area contributed by atoms with E-state index in [1.54, 1.807) is 14.0 Å². The van der Waals surface area contributed by atoms with Crippen molar-refractivity contribution in [3.05, 3.63) is 65.4 Å². The van der Waals surface area contributed by atoms with Crippen LogP contribution in [0.25, 0.3) is 10.9 Å². The van der Waals surface area contributed by atoms with E-state index in [2.05, 4.69) is 40.2 Å². The zero-order valence-corrected chi connectivity index (χ0v) is 18.8. The van der Waals surface area contributed by atoms with Crippen LogP contribution in [0, 0.1) is 0 Å². The van der Waals surface area contributed by atoms with E-state index in [1.165, 1.54) is 16.5 Å². The first kappa shape index (κ1) is 21.0. The van der Waals surface area contributed by atoms with Crippen LogP contribution in [0.4, 0.5) is 0 Å². The molecule has 1 spiro atoms. The van der Waals surface area contributed by atoms with Gasteiger partial charge in [-0.2, -0.15) is 0 Å². The van der Waals surface area contributed by atoms with Crippen LogP contribution in [0.5, 0.6) is 5.75 Å². The molecule has 2 aromatic carbocycles. The molecule has 0 saturated carbocycles. The number of piperidine rings is 1. The highest BCUT2D eigenvalue weighted by Gasteiger charge is 2.47. The van der Waals surface area contributed by atoms with Gasteiger partial charge in [-0.1, -0.05) is 30.3 Å². The van der Waals surface area contributed by atoms with E-state index < -0.39 is 0 Å². The van der Waals surface area contributed by atoms with Crippen molar-refractivity contribution in [2.24, 2.45) is 0 Å². The van der Waals surface area contributed by atoms with Crippen LogP contribution < -0.4 is 4.74 Å². The monoisotopic (exact) mass is 433 g/mol. The smallest absolute Gasteiger partial charge is 0.219 e. The summed E-state index contributed by atoms with van der Waals surface area (Å²) in [5.41, 5.74) is 4.65. The molecule has 3 aromatic rings. The first-order valence-corrected chi connectivity index (χ1v) is 11.4. The highest BCUT2D eigenvalue weighted by Crippen LogP contribution is 2.49. The van der Waals surface area contributed by atoms with Crippen molar-refractivity contribution in [3.8, 4) is 5.75 Å². The Bertz CT molecular complexity index is 1120. The van der Waals surface area contributed by atoms with E-state index in [9.17, 15) is 9.90 Å². The number of carbonyl (C=O) groups excluding carboxylic acids is 1. The number of likely N-dealkylation sites (tertiary alicyclic amines) is 1. The van der Waals surface area contributed by atoms with E-state index in [0.29, 0.717) is 0 Å². The number of nitrogens with zero attached hydrogens (tertiary/aromatic N) is 2. The lowest BCUT2D eigenvalue weighted by Gasteiger charge is -2.50. The van der Waals surface area contributed by atoms with Crippen LogP contribution >= 0.6 is 0 Å². The summed E-state index contributed by atoms with van der Waals surface area (Å²) in [6.07, 6.45) is 1.84. The topological polar surface area (TPSA) is 68.8 Å². The van der Waals surface area contributed by atoms with Crippen LogP contribution in [0.3, 0.4) is 0 Å². The van der Waals surface area contributed by atoms with Crippen LogP contribution in [-0.4, -0.2) is 59.1 Å². The fourth-order valence-corrected chi connectivity index (χ4v) is 5.75. The number of H-pyrrole nitrogens is 1. The third-order valence-corrected chi connectivity index (χ3v) is 7.41. The largest absolute Gasteiger partial charge is 0.497 e. The number of aliphatic hydroxyl groups excluding tert-OH is 1. The highest BCUT2D eigenvalue weighted by molar-refractivity contribution is 5.88. The molecule has 1 amide bonds. The Hall–Kier alpha value is -2.83. The minimum absolute atomic E-state index is 0.0550. The molecule has 1 fully saturated rings. The fraction of sp³-hybridized carbons (Fsp3) is 0.423. The maximum Gasteiger partial charge on any atom is 0.219 e. The second-order valence-electron chi connectivity index (χ2n) is 9.20. The molecule has 1 saturated heterocycles. The maximum atomic E-state index is 12.0. The number of aromatic amines is 1. The van der Waals surface area contributed by atoms with Crippen molar-refractivity contribution < 1.29 is 14.6 Å². The van der Waals surface area contributed by atoms with Gasteiger partial charge in [0.15, 0.2) is 0 Å². The molecule has 6 heteroatoms. The number of hydrogen-bond acceptors (Lipinski definition) is 4. The predicted octanol–water partition coefficient (Wildman–Crippen LogP) is 3.61. The van der Waals surface area contributed by atoms with Crippen LogP contribution in [0.2, 0.25) is 0 Å². The quantitative estimate of drug-likeness (QED) is 0.660. The Morgan fingerprint density at radius 1 is 1.19 bits per heavy atom. The van der Waals surface area contributed by atoms with Crippen molar-refractivity contribution in [2.75, 3.05) is 33.4 Å². The number of rotatable bonds is 4. The number of aromatic nitrogens is 1. The molecule has 2 aliphatic rings. The summed E-state index contributed by atoms with van der Waals surface area (Å²) in [5, 5.41) is 11.7. The molecule has 0 radical (unpaired) electrons. The molecule has 2 aliphatic heterocycles. The van der Waals surface area contributed by atoms with Gasteiger partial charge in [-0.15, -0.1) is 0 Å². The number of benzene rings is 2. The number of ether oxygens (including phenoxy) is 1. The Kier molecular flexibility index (Phi) is 5.43. The summed E-state index contributed by atoms with van der Waals surface area (Å²) in [7, 11) is 1.68. The van der Waals surface area contributed by atoms with Gasteiger partial charge in [-0.05, 0) is 36.1 Å². The van der Waals surface area contributed by atoms with Crippen molar-refractivity contribution in [1.82, 2.24) is 14.8 Å². The molecule has 1 atom stereocenters. The third kappa shape index (κ3) is 3.48. The van der Waals surface area contributed by atoms with Gasteiger partial charge in [0.2, 0.25) is 5.91 Å². The van der Waals surface area contributed by atoms with E-state index in [-0.39, 0.29) is 24.0 Å². The molecular formula is C26H31N3O3. The maximum absolute atomic E-state index is 12.0. The number of hydrogen-bond donors (Lipinski definition) is 2. The zero-order chi connectivity index (χ0) is 22.3. The molecule has 1 aromatic heterocycles. The highest BCUT2D eigenvalue weighted by atomic mass is 16.5. The molecule has 0 unspecified atom stereocenters. The zero-order valence-electron chi connectivity index (χ0n) is 18.8. The van der Waals surface area contributed by atoms with Crippen molar-refractivity contribution in [1.29, 1.82) is 0 Å². The predicted molar refractivity (Wildman–Crippen MR) is 125 cm³/mol. The average molecular weight is 434 g/mol. The van der Waals surface area contributed by atoms with Crippen LogP contribution in [0.15, 0.2) is 48.5 Å². The molecule has 5 rings (SSSR count). The second kappa shape index (κ2) is 8.26. The molecule has 0 bridgehead atoms. The van der Waals surface area contributed by atoms with Gasteiger partial charge in [0, 0.05) is 61.2 Å². The summed E-state index contributed by atoms with van der Waals surface area (Å²) in [6, 6.07) is 16.6. The summed E-state index contributed by atoms with van der Waals surface area (Å²) < 4.78 is 5.46. The number of methoxy groups -OCH3 is 1. The Labute approximate surface area is 188 Å². The van der Waals surface area contributed by atoms with Gasteiger partial charge < -0.3 is 19.7 Å². The van der Waals surface area contributed by atoms with E-state index in [0.717, 1.165) is 56.0 Å². The average Bonchev–Trinajstić information content (AvgIpc) is 3.19.